The molecule has 0 saturated carbocycles. The van der Waals surface area contributed by atoms with Crippen molar-refractivity contribution < 1.29 is 9.32 Å². The smallest absolute Gasteiger partial charge is 0.292 e. The highest BCUT2D eigenvalue weighted by Crippen LogP contribution is 2.22. The normalized spacial score (nSPS) is 15.5. The van der Waals surface area contributed by atoms with Crippen molar-refractivity contribution in [3.05, 3.63) is 58.6 Å². The van der Waals surface area contributed by atoms with Crippen LogP contribution in [0.4, 0.5) is 0 Å². The number of carbonyl (C=O) groups excluding carboxylic acids is 1. The monoisotopic (exact) mass is 370 g/mol. The van der Waals surface area contributed by atoms with Crippen molar-refractivity contribution in [3.63, 3.8) is 0 Å². The lowest BCUT2D eigenvalue weighted by Crippen LogP contribution is -2.48. The highest BCUT2D eigenvalue weighted by Gasteiger charge is 2.25. The average molecular weight is 371 g/mol. The molecule has 0 radical (unpaired) electrons. The molecule has 0 unspecified atom stereocenters. The van der Waals surface area contributed by atoms with Crippen LogP contribution in [0.2, 0.25) is 5.15 Å². The number of hydrogen-bond donors (Lipinski definition) is 0. The van der Waals surface area contributed by atoms with E-state index in [1.54, 1.807) is 17.9 Å². The number of amides is 1. The Morgan fingerprint density at radius 2 is 1.96 bits per heavy atom. The highest BCUT2D eigenvalue weighted by atomic mass is 35.5. The molecule has 1 fully saturated rings. The van der Waals surface area contributed by atoms with Crippen LogP contribution in [0.15, 0.2) is 40.9 Å². The average Bonchev–Trinajstić information content (AvgIpc) is 3.09. The summed E-state index contributed by atoms with van der Waals surface area (Å²) in [5.74, 6) is 0.202. The molecule has 0 atom stereocenters. The predicted molar refractivity (Wildman–Crippen MR) is 99.2 cm³/mol. The fraction of sp³-hybridized carbons (Fsp3) is 0.316. The molecule has 26 heavy (non-hydrogen) atoms. The molecule has 2 aromatic heterocycles. The molecule has 6 nitrogen and oxygen atoms in total. The molecule has 1 aliphatic rings. The van der Waals surface area contributed by atoms with Gasteiger partial charge in [-0.3, -0.25) is 9.69 Å². The van der Waals surface area contributed by atoms with E-state index in [0.29, 0.717) is 29.7 Å². The van der Waals surface area contributed by atoms with Gasteiger partial charge in [-0.15, -0.1) is 0 Å². The third-order valence-electron chi connectivity index (χ3n) is 4.64. The van der Waals surface area contributed by atoms with Crippen molar-refractivity contribution in [1.29, 1.82) is 0 Å². The maximum Gasteiger partial charge on any atom is 0.292 e. The fourth-order valence-corrected chi connectivity index (χ4v) is 3.42. The lowest BCUT2D eigenvalue weighted by Gasteiger charge is -2.34. The largest absolute Gasteiger partial charge is 0.351 e. The summed E-state index contributed by atoms with van der Waals surface area (Å²) in [5, 5.41) is 5.41. The van der Waals surface area contributed by atoms with E-state index in [-0.39, 0.29) is 5.91 Å². The maximum absolute atomic E-state index is 12.4. The first-order valence-corrected chi connectivity index (χ1v) is 8.97. The molecule has 1 aliphatic heterocycles. The third-order valence-corrected chi connectivity index (χ3v) is 4.97. The highest BCUT2D eigenvalue weighted by molar-refractivity contribution is 6.30. The number of benzene rings is 1. The number of pyridine rings is 1. The summed E-state index contributed by atoms with van der Waals surface area (Å²) >= 11 is 6.36. The van der Waals surface area contributed by atoms with E-state index in [4.69, 9.17) is 16.1 Å². The van der Waals surface area contributed by atoms with Gasteiger partial charge in [0.2, 0.25) is 5.76 Å². The number of nitrogens with zero attached hydrogens (tertiary/aromatic N) is 4. The van der Waals surface area contributed by atoms with E-state index in [2.05, 4.69) is 21.1 Å². The van der Waals surface area contributed by atoms with Crippen molar-refractivity contribution in [2.24, 2.45) is 0 Å². The Hall–Kier alpha value is -2.44. The molecule has 4 rings (SSSR count). The van der Waals surface area contributed by atoms with Crippen LogP contribution >= 0.6 is 11.6 Å². The minimum absolute atomic E-state index is 0.101. The summed E-state index contributed by atoms with van der Waals surface area (Å²) in [6.07, 6.45) is 0. The summed E-state index contributed by atoms with van der Waals surface area (Å²) in [6.45, 7) is 5.39. The van der Waals surface area contributed by atoms with Gasteiger partial charge in [-0.2, -0.15) is 0 Å². The zero-order valence-corrected chi connectivity index (χ0v) is 15.2. The van der Waals surface area contributed by atoms with E-state index in [9.17, 15) is 4.79 Å². The predicted octanol–water partition coefficient (Wildman–Crippen LogP) is 3.14. The van der Waals surface area contributed by atoms with Gasteiger partial charge in [0, 0.05) is 49.7 Å². The fourth-order valence-electron chi connectivity index (χ4n) is 3.22. The standard InChI is InChI=1S/C19H19ClN4O2/c1-13-10-17(26-22-13)19(25)24-8-6-23(7-9-24)12-15-11-14-4-2-3-5-16(14)21-18(15)20/h2-5,10-11H,6-9,12H2,1H3. The van der Waals surface area contributed by atoms with Crippen LogP contribution in [-0.2, 0) is 6.54 Å². The maximum atomic E-state index is 12.4. The molecule has 3 heterocycles. The van der Waals surface area contributed by atoms with Gasteiger partial charge in [0.05, 0.1) is 11.2 Å². The summed E-state index contributed by atoms with van der Waals surface area (Å²) in [6, 6.07) is 11.7. The first kappa shape index (κ1) is 17.0. The van der Waals surface area contributed by atoms with Crippen molar-refractivity contribution >= 4 is 28.4 Å². The second kappa shape index (κ2) is 7.05. The van der Waals surface area contributed by atoms with Gasteiger partial charge in [0.1, 0.15) is 5.15 Å². The Kier molecular flexibility index (Phi) is 4.61. The van der Waals surface area contributed by atoms with Gasteiger partial charge in [-0.25, -0.2) is 4.98 Å². The Morgan fingerprint density at radius 3 is 2.69 bits per heavy atom. The van der Waals surface area contributed by atoms with Crippen LogP contribution < -0.4 is 0 Å². The number of rotatable bonds is 3. The van der Waals surface area contributed by atoms with E-state index in [1.807, 2.05) is 24.3 Å². The van der Waals surface area contributed by atoms with Crippen LogP contribution in [-0.4, -0.2) is 52.0 Å². The first-order valence-electron chi connectivity index (χ1n) is 8.59. The molecule has 0 bridgehead atoms. The second-order valence-corrected chi connectivity index (χ2v) is 6.89. The molecule has 1 amide bonds. The SMILES string of the molecule is Cc1cc(C(=O)N2CCN(Cc3cc4ccccc4nc3Cl)CC2)on1. The van der Waals surface area contributed by atoms with Crippen LogP contribution in [0.1, 0.15) is 21.8 Å². The molecular formula is C19H19ClN4O2. The number of halogens is 1. The van der Waals surface area contributed by atoms with Crippen molar-refractivity contribution in [3.8, 4) is 0 Å². The lowest BCUT2D eigenvalue weighted by atomic mass is 10.1. The summed E-state index contributed by atoms with van der Waals surface area (Å²) < 4.78 is 5.08. The second-order valence-electron chi connectivity index (χ2n) is 6.53. The van der Waals surface area contributed by atoms with Crippen molar-refractivity contribution in [2.45, 2.75) is 13.5 Å². The van der Waals surface area contributed by atoms with Crippen molar-refractivity contribution in [2.75, 3.05) is 26.2 Å². The number of carbonyl (C=O) groups is 1. The van der Waals surface area contributed by atoms with E-state index in [0.717, 1.165) is 36.1 Å². The number of piperazine rings is 1. The summed E-state index contributed by atoms with van der Waals surface area (Å²) in [7, 11) is 0. The minimum Gasteiger partial charge on any atom is -0.351 e. The Bertz CT molecular complexity index is 948. The molecule has 0 aliphatic carbocycles. The van der Waals surface area contributed by atoms with Gasteiger partial charge in [-0.1, -0.05) is 35.0 Å². The molecule has 0 spiro atoms. The van der Waals surface area contributed by atoms with E-state index in [1.165, 1.54) is 0 Å². The zero-order chi connectivity index (χ0) is 18.1. The minimum atomic E-state index is -0.101. The van der Waals surface area contributed by atoms with Gasteiger partial charge in [0.25, 0.3) is 5.91 Å². The van der Waals surface area contributed by atoms with Gasteiger partial charge >= 0.3 is 0 Å². The molecule has 134 valence electrons. The number of aryl methyl sites for hydroxylation is 1. The van der Waals surface area contributed by atoms with Crippen LogP contribution in [0.3, 0.4) is 0 Å². The van der Waals surface area contributed by atoms with E-state index >= 15 is 0 Å². The number of hydrogen-bond acceptors (Lipinski definition) is 5. The summed E-state index contributed by atoms with van der Waals surface area (Å²) in [4.78, 5) is 21.0. The topological polar surface area (TPSA) is 62.5 Å². The first-order chi connectivity index (χ1) is 12.6. The third kappa shape index (κ3) is 3.43. The molecule has 1 aromatic carbocycles. The molecule has 1 saturated heterocycles. The van der Waals surface area contributed by atoms with E-state index < -0.39 is 0 Å². The number of aromatic nitrogens is 2. The van der Waals surface area contributed by atoms with Crippen LogP contribution in [0, 0.1) is 6.92 Å². The number of para-hydroxylation sites is 1. The Labute approximate surface area is 156 Å². The van der Waals surface area contributed by atoms with Gasteiger partial charge in [-0.05, 0) is 19.1 Å². The number of fused-ring (bicyclic) bond motifs is 1. The lowest BCUT2D eigenvalue weighted by molar-refractivity contribution is 0.0588. The molecule has 0 N–H and O–H groups in total. The van der Waals surface area contributed by atoms with Crippen LogP contribution in [0.25, 0.3) is 10.9 Å². The Morgan fingerprint density at radius 1 is 1.19 bits per heavy atom. The Balaban J connectivity index is 1.41. The van der Waals surface area contributed by atoms with Crippen molar-refractivity contribution in [1.82, 2.24) is 19.9 Å². The summed E-state index contributed by atoms with van der Waals surface area (Å²) in [5.41, 5.74) is 2.63. The molecular weight excluding hydrogens is 352 g/mol. The van der Waals surface area contributed by atoms with Gasteiger partial charge < -0.3 is 9.42 Å². The van der Waals surface area contributed by atoms with Gasteiger partial charge in [0.15, 0.2) is 0 Å². The quantitative estimate of drug-likeness (QED) is 0.663. The van der Waals surface area contributed by atoms with Crippen LogP contribution in [0.5, 0.6) is 0 Å². The molecule has 3 aromatic rings. The molecule has 7 heteroatoms. The zero-order valence-electron chi connectivity index (χ0n) is 14.5.